The Morgan fingerprint density at radius 1 is 0.895 bits per heavy atom. The van der Waals surface area contributed by atoms with Gasteiger partial charge in [-0.05, 0) is 49.4 Å². The molecule has 0 aliphatic heterocycles. The number of hydrogen-bond donors (Lipinski definition) is 3. The number of nitrogens with two attached hydrogens (primary N) is 1. The van der Waals surface area contributed by atoms with Crippen LogP contribution in [-0.2, 0) is 5.54 Å². The fourth-order valence-corrected chi connectivity index (χ4v) is 5.11. The third-order valence-electron chi connectivity index (χ3n) is 7.25. The van der Waals surface area contributed by atoms with E-state index in [1.54, 1.807) is 0 Å². The van der Waals surface area contributed by atoms with E-state index in [9.17, 15) is 5.11 Å². The molecule has 200 valence electrons. The molecule has 6 nitrogen and oxygen atoms in total. The molecule has 4 N–H and O–H groups in total. The lowest BCUT2D eigenvalue weighted by atomic mass is 9.73. The van der Waals surface area contributed by atoms with Crippen molar-refractivity contribution in [1.29, 1.82) is 0 Å². The van der Waals surface area contributed by atoms with Gasteiger partial charge in [-0.1, -0.05) is 70.2 Å². The Hall–Kier alpha value is -3.77. The van der Waals surface area contributed by atoms with Crippen molar-refractivity contribution in [3.05, 3.63) is 83.4 Å². The molecule has 0 radical (unpaired) electrons. The van der Waals surface area contributed by atoms with Crippen LogP contribution < -0.4 is 15.2 Å². The molecule has 0 amide bonds. The quantitative estimate of drug-likeness (QED) is 0.194. The van der Waals surface area contributed by atoms with Crippen molar-refractivity contribution in [2.24, 2.45) is 22.6 Å². The summed E-state index contributed by atoms with van der Waals surface area (Å²) in [4.78, 5) is 8.16. The summed E-state index contributed by atoms with van der Waals surface area (Å²) >= 11 is 0. The molecule has 0 aliphatic carbocycles. The Morgan fingerprint density at radius 3 is 2.03 bits per heavy atom. The summed E-state index contributed by atoms with van der Waals surface area (Å²) in [6, 6.07) is 21.8. The van der Waals surface area contributed by atoms with E-state index in [-0.39, 0.29) is 17.7 Å². The van der Waals surface area contributed by atoms with Crippen LogP contribution in [0.5, 0.6) is 17.4 Å². The molecule has 0 aliphatic rings. The average Bonchev–Trinajstić information content (AvgIpc) is 3.22. The van der Waals surface area contributed by atoms with Crippen LogP contribution in [0.1, 0.15) is 58.2 Å². The van der Waals surface area contributed by atoms with E-state index in [4.69, 9.17) is 20.2 Å². The first kappa shape index (κ1) is 27.3. The SMILES string of the molecule is CCOc1cc2[nH]c(O)c(C(=Nc3ccc(C(N)(C(C)C)C(C)C)cc3)c3ccccc3)c2cc1OCC. The van der Waals surface area contributed by atoms with Gasteiger partial charge >= 0.3 is 0 Å². The number of H-pyrrole nitrogens is 1. The van der Waals surface area contributed by atoms with Crippen LogP contribution in [0, 0.1) is 11.8 Å². The van der Waals surface area contributed by atoms with Gasteiger partial charge in [0.15, 0.2) is 17.4 Å². The Balaban J connectivity index is 1.89. The number of benzene rings is 3. The normalized spacial score (nSPS) is 12.5. The molecule has 0 bridgehead atoms. The van der Waals surface area contributed by atoms with Crippen LogP contribution in [0.15, 0.2) is 71.7 Å². The van der Waals surface area contributed by atoms with Crippen molar-refractivity contribution in [3.63, 3.8) is 0 Å². The third kappa shape index (κ3) is 5.14. The fraction of sp³-hybridized carbons (Fsp3) is 0.344. The van der Waals surface area contributed by atoms with Crippen molar-refractivity contribution >= 4 is 22.3 Å². The summed E-state index contributed by atoms with van der Waals surface area (Å²) in [5, 5.41) is 11.9. The molecular weight excluding hydrogens is 474 g/mol. The first-order valence-electron chi connectivity index (χ1n) is 13.4. The predicted molar refractivity (Wildman–Crippen MR) is 156 cm³/mol. The van der Waals surface area contributed by atoms with E-state index >= 15 is 0 Å². The van der Waals surface area contributed by atoms with Gasteiger partial charge in [-0.3, -0.25) is 0 Å². The van der Waals surface area contributed by atoms with E-state index in [1.807, 2.05) is 68.4 Å². The maximum absolute atomic E-state index is 11.1. The Morgan fingerprint density at radius 2 is 1.47 bits per heavy atom. The predicted octanol–water partition coefficient (Wildman–Crippen LogP) is 7.31. The van der Waals surface area contributed by atoms with Gasteiger partial charge in [-0.25, -0.2) is 4.99 Å². The van der Waals surface area contributed by atoms with E-state index in [0.29, 0.717) is 36.0 Å². The highest BCUT2D eigenvalue weighted by Gasteiger charge is 2.34. The summed E-state index contributed by atoms with van der Waals surface area (Å²) in [7, 11) is 0. The lowest BCUT2D eigenvalue weighted by molar-refractivity contribution is 0.227. The molecule has 3 aromatic carbocycles. The van der Waals surface area contributed by atoms with Crippen LogP contribution in [0.2, 0.25) is 0 Å². The molecule has 0 saturated carbocycles. The fourth-order valence-electron chi connectivity index (χ4n) is 5.11. The second-order valence-corrected chi connectivity index (χ2v) is 10.2. The van der Waals surface area contributed by atoms with Gasteiger partial charge < -0.3 is 25.3 Å². The largest absolute Gasteiger partial charge is 0.494 e. The number of fused-ring (bicyclic) bond motifs is 1. The number of aliphatic imine (C=N–C) groups is 1. The Kier molecular flexibility index (Phi) is 8.12. The van der Waals surface area contributed by atoms with Crippen molar-refractivity contribution in [2.75, 3.05) is 13.2 Å². The highest BCUT2D eigenvalue weighted by atomic mass is 16.5. The number of rotatable bonds is 10. The Bertz CT molecular complexity index is 1400. The van der Waals surface area contributed by atoms with E-state index in [1.165, 1.54) is 0 Å². The number of nitrogens with zero attached hydrogens (tertiary/aromatic N) is 1. The van der Waals surface area contributed by atoms with E-state index < -0.39 is 5.54 Å². The molecule has 0 spiro atoms. The average molecular weight is 514 g/mol. The number of nitrogens with one attached hydrogen (secondary N) is 1. The maximum atomic E-state index is 11.1. The van der Waals surface area contributed by atoms with E-state index in [0.717, 1.165) is 27.7 Å². The van der Waals surface area contributed by atoms with Gasteiger partial charge in [-0.2, -0.15) is 0 Å². The molecular formula is C32H39N3O3. The van der Waals surface area contributed by atoms with Gasteiger partial charge in [-0.15, -0.1) is 0 Å². The zero-order chi connectivity index (χ0) is 27.4. The number of aromatic amines is 1. The summed E-state index contributed by atoms with van der Waals surface area (Å²) < 4.78 is 11.7. The highest BCUT2D eigenvalue weighted by molar-refractivity contribution is 6.22. The molecule has 4 rings (SSSR count). The maximum Gasteiger partial charge on any atom is 0.199 e. The second-order valence-electron chi connectivity index (χ2n) is 10.2. The molecule has 1 heterocycles. The van der Waals surface area contributed by atoms with Crippen LogP contribution in [0.4, 0.5) is 5.69 Å². The standard InChI is InChI=1S/C32H39N3O3/c1-7-37-27-18-25-26(19-28(27)38-8-2)35-31(36)29(25)30(22-12-10-9-11-13-22)34-24-16-14-23(15-17-24)32(33,20(3)4)21(5)6/h9-21,35-36H,7-8,33H2,1-6H3. The smallest absolute Gasteiger partial charge is 0.199 e. The first-order valence-corrected chi connectivity index (χ1v) is 13.4. The summed E-state index contributed by atoms with van der Waals surface area (Å²) in [6.45, 7) is 13.5. The minimum absolute atomic E-state index is 0.0379. The molecule has 0 saturated heterocycles. The molecule has 0 unspecified atom stereocenters. The minimum atomic E-state index is -0.437. The monoisotopic (exact) mass is 513 g/mol. The number of aromatic nitrogens is 1. The van der Waals surface area contributed by atoms with Crippen LogP contribution in [0.25, 0.3) is 10.9 Å². The van der Waals surface area contributed by atoms with E-state index in [2.05, 4.69) is 44.8 Å². The lowest BCUT2D eigenvalue weighted by Gasteiger charge is -2.38. The zero-order valence-electron chi connectivity index (χ0n) is 23.2. The van der Waals surface area contributed by atoms with Crippen LogP contribution in [0.3, 0.4) is 0 Å². The van der Waals surface area contributed by atoms with Crippen molar-refractivity contribution in [3.8, 4) is 17.4 Å². The summed E-state index contributed by atoms with van der Waals surface area (Å²) in [5.74, 6) is 1.85. The number of hydrogen-bond acceptors (Lipinski definition) is 5. The van der Waals surface area contributed by atoms with Crippen molar-refractivity contribution in [2.45, 2.75) is 47.1 Å². The van der Waals surface area contributed by atoms with Crippen LogP contribution in [-0.4, -0.2) is 29.0 Å². The highest BCUT2D eigenvalue weighted by Crippen LogP contribution is 2.39. The summed E-state index contributed by atoms with van der Waals surface area (Å²) in [5.41, 5.74) is 11.2. The van der Waals surface area contributed by atoms with Gasteiger partial charge in [0, 0.05) is 22.6 Å². The Labute approximate surface area is 225 Å². The number of aromatic hydroxyl groups is 1. The number of ether oxygens (including phenoxy) is 2. The third-order valence-corrected chi connectivity index (χ3v) is 7.25. The minimum Gasteiger partial charge on any atom is -0.494 e. The zero-order valence-corrected chi connectivity index (χ0v) is 23.2. The molecule has 0 fully saturated rings. The molecule has 38 heavy (non-hydrogen) atoms. The molecule has 0 atom stereocenters. The second kappa shape index (κ2) is 11.3. The van der Waals surface area contributed by atoms with Crippen molar-refractivity contribution in [1.82, 2.24) is 4.98 Å². The first-order chi connectivity index (χ1) is 18.2. The van der Waals surface area contributed by atoms with Gasteiger partial charge in [0.25, 0.3) is 0 Å². The molecule has 4 aromatic rings. The van der Waals surface area contributed by atoms with Gasteiger partial charge in [0.1, 0.15) is 0 Å². The van der Waals surface area contributed by atoms with Crippen molar-refractivity contribution < 1.29 is 14.6 Å². The molecule has 6 heteroatoms. The van der Waals surface area contributed by atoms with Crippen LogP contribution >= 0.6 is 0 Å². The molecule has 1 aromatic heterocycles. The topological polar surface area (TPSA) is 92.9 Å². The lowest BCUT2D eigenvalue weighted by Crippen LogP contribution is -2.46. The van der Waals surface area contributed by atoms with Gasteiger partial charge in [0.05, 0.1) is 35.7 Å². The summed E-state index contributed by atoms with van der Waals surface area (Å²) in [6.07, 6.45) is 0. The van der Waals surface area contributed by atoms with Gasteiger partial charge in [0.2, 0.25) is 0 Å².